The minimum absolute atomic E-state index is 0.264. The molecule has 1 amide bonds. The van der Waals surface area contributed by atoms with Crippen molar-refractivity contribution in [2.24, 2.45) is 0 Å². The molecule has 0 bridgehead atoms. The fourth-order valence-corrected chi connectivity index (χ4v) is 3.22. The summed E-state index contributed by atoms with van der Waals surface area (Å²) in [4.78, 5) is 22.2. The highest BCUT2D eigenvalue weighted by atomic mass is 79.9. The summed E-state index contributed by atoms with van der Waals surface area (Å²) in [5, 5.41) is 6.19. The van der Waals surface area contributed by atoms with Gasteiger partial charge in [-0.2, -0.15) is 0 Å². The number of anilines is 2. The van der Waals surface area contributed by atoms with Gasteiger partial charge in [-0.05, 0) is 48.4 Å². The fraction of sp³-hybridized carbons (Fsp3) is 0.0870. The van der Waals surface area contributed by atoms with E-state index in [1.54, 1.807) is 0 Å². The summed E-state index contributed by atoms with van der Waals surface area (Å²) >= 11 is 3.48. The zero-order chi connectivity index (χ0) is 20.2. The number of carbonyl (C=O) groups excluding carboxylic acids is 1. The monoisotopic (exact) mass is 446 g/mol. The van der Waals surface area contributed by atoms with Crippen LogP contribution in [0.5, 0.6) is 0 Å². The predicted molar refractivity (Wildman–Crippen MR) is 120 cm³/mol. The molecule has 2 N–H and O–H groups in total. The molecular formula is C23H19BrN4O. The number of hydrogen-bond donors (Lipinski definition) is 2. The maximum absolute atomic E-state index is 13.0. The second-order valence-electron chi connectivity index (χ2n) is 6.67. The molecule has 144 valence electrons. The molecule has 4 aromatic rings. The number of para-hydroxylation sites is 2. The molecule has 3 aromatic carbocycles. The van der Waals surface area contributed by atoms with E-state index in [4.69, 9.17) is 0 Å². The zero-order valence-corrected chi connectivity index (χ0v) is 17.4. The van der Waals surface area contributed by atoms with E-state index in [1.165, 1.54) is 0 Å². The van der Waals surface area contributed by atoms with Gasteiger partial charge < -0.3 is 10.6 Å². The number of fused-ring (bicyclic) bond motifs is 1. The molecule has 6 heteroatoms. The van der Waals surface area contributed by atoms with Crippen LogP contribution in [0, 0.1) is 6.92 Å². The number of nitrogens with zero attached hydrogens (tertiary/aromatic N) is 2. The van der Waals surface area contributed by atoms with E-state index < -0.39 is 0 Å². The van der Waals surface area contributed by atoms with Gasteiger partial charge in [0.15, 0.2) is 11.5 Å². The molecule has 0 saturated heterocycles. The van der Waals surface area contributed by atoms with Gasteiger partial charge in [-0.3, -0.25) is 4.79 Å². The number of nitrogens with one attached hydrogen (secondary N) is 2. The van der Waals surface area contributed by atoms with Crippen molar-refractivity contribution in [3.8, 4) is 0 Å². The summed E-state index contributed by atoms with van der Waals surface area (Å²) in [7, 11) is 0. The number of halogens is 1. The number of carbonyl (C=O) groups is 1. The Morgan fingerprint density at radius 3 is 2.34 bits per heavy atom. The molecule has 0 aliphatic rings. The Labute approximate surface area is 177 Å². The molecule has 1 heterocycles. The first kappa shape index (κ1) is 19.1. The maximum atomic E-state index is 13.0. The molecule has 0 fully saturated rings. The maximum Gasteiger partial charge on any atom is 0.278 e. The van der Waals surface area contributed by atoms with E-state index >= 15 is 0 Å². The standard InChI is InChI=1S/C23H19BrN4O/c1-15-13-17(11-12-18(15)24)26-23(29)21-22(25-14-16-7-3-2-4-8-16)28-20-10-6-5-9-19(20)27-21/h2-13H,14H2,1H3,(H,25,28)(H,26,29). The lowest BCUT2D eigenvalue weighted by Gasteiger charge is -2.13. The molecule has 29 heavy (non-hydrogen) atoms. The highest BCUT2D eigenvalue weighted by molar-refractivity contribution is 9.10. The molecule has 0 saturated carbocycles. The minimum atomic E-state index is -0.305. The second kappa shape index (κ2) is 8.41. The highest BCUT2D eigenvalue weighted by Crippen LogP contribution is 2.22. The summed E-state index contributed by atoms with van der Waals surface area (Å²) in [6.07, 6.45) is 0. The Bertz CT molecular complexity index is 1180. The predicted octanol–water partition coefficient (Wildman–Crippen LogP) is 5.57. The van der Waals surface area contributed by atoms with E-state index in [-0.39, 0.29) is 11.6 Å². The van der Waals surface area contributed by atoms with Crippen LogP contribution in [0.2, 0.25) is 0 Å². The molecule has 1 aromatic heterocycles. The van der Waals surface area contributed by atoms with Gasteiger partial charge in [0, 0.05) is 16.7 Å². The first-order valence-corrected chi connectivity index (χ1v) is 10.0. The number of hydrogen-bond acceptors (Lipinski definition) is 4. The summed E-state index contributed by atoms with van der Waals surface area (Å²) in [5.41, 5.74) is 4.51. The van der Waals surface area contributed by atoms with Gasteiger partial charge in [-0.15, -0.1) is 0 Å². The average Bonchev–Trinajstić information content (AvgIpc) is 2.75. The third kappa shape index (κ3) is 4.43. The van der Waals surface area contributed by atoms with Crippen molar-refractivity contribution >= 4 is 44.4 Å². The normalized spacial score (nSPS) is 10.7. The van der Waals surface area contributed by atoms with E-state index in [0.717, 1.165) is 21.1 Å². The van der Waals surface area contributed by atoms with Crippen LogP contribution in [0.4, 0.5) is 11.5 Å². The summed E-state index contributed by atoms with van der Waals surface area (Å²) in [5.74, 6) is 0.152. The molecular weight excluding hydrogens is 428 g/mol. The molecule has 0 atom stereocenters. The van der Waals surface area contributed by atoms with Gasteiger partial charge in [-0.25, -0.2) is 9.97 Å². The topological polar surface area (TPSA) is 66.9 Å². The lowest BCUT2D eigenvalue weighted by atomic mass is 10.2. The summed E-state index contributed by atoms with van der Waals surface area (Å²) in [6, 6.07) is 23.2. The molecule has 5 nitrogen and oxygen atoms in total. The number of aryl methyl sites for hydroxylation is 1. The van der Waals surface area contributed by atoms with Gasteiger partial charge >= 0.3 is 0 Å². The Kier molecular flexibility index (Phi) is 5.53. The first-order chi connectivity index (χ1) is 14.1. The smallest absolute Gasteiger partial charge is 0.278 e. The largest absolute Gasteiger partial charge is 0.364 e. The van der Waals surface area contributed by atoms with Crippen molar-refractivity contribution in [1.29, 1.82) is 0 Å². The van der Waals surface area contributed by atoms with Crippen molar-refractivity contribution in [2.75, 3.05) is 10.6 Å². The van der Waals surface area contributed by atoms with Crippen molar-refractivity contribution in [3.05, 3.63) is 94.1 Å². The Morgan fingerprint density at radius 2 is 1.62 bits per heavy atom. The molecule has 4 rings (SSSR count). The highest BCUT2D eigenvalue weighted by Gasteiger charge is 2.17. The van der Waals surface area contributed by atoms with Gasteiger partial charge in [-0.1, -0.05) is 58.4 Å². The number of amides is 1. The zero-order valence-electron chi connectivity index (χ0n) is 15.8. The van der Waals surface area contributed by atoms with Gasteiger partial charge in [0.2, 0.25) is 0 Å². The Morgan fingerprint density at radius 1 is 0.931 bits per heavy atom. The lowest BCUT2D eigenvalue weighted by molar-refractivity contribution is 0.102. The molecule has 0 radical (unpaired) electrons. The number of benzene rings is 3. The molecule has 0 aliphatic heterocycles. The van der Waals surface area contributed by atoms with Crippen molar-refractivity contribution in [2.45, 2.75) is 13.5 Å². The van der Waals surface area contributed by atoms with Crippen LogP contribution < -0.4 is 10.6 Å². The van der Waals surface area contributed by atoms with Crippen molar-refractivity contribution in [3.63, 3.8) is 0 Å². The van der Waals surface area contributed by atoms with Gasteiger partial charge in [0.1, 0.15) is 0 Å². The summed E-state index contributed by atoms with van der Waals surface area (Å²) in [6.45, 7) is 2.52. The van der Waals surface area contributed by atoms with Crippen LogP contribution in [0.15, 0.2) is 77.3 Å². The van der Waals surface area contributed by atoms with Crippen LogP contribution in [0.25, 0.3) is 11.0 Å². The molecule has 0 spiro atoms. The van der Waals surface area contributed by atoms with Crippen LogP contribution >= 0.6 is 15.9 Å². The van der Waals surface area contributed by atoms with E-state index in [9.17, 15) is 4.79 Å². The third-order valence-electron chi connectivity index (χ3n) is 4.50. The molecule has 0 unspecified atom stereocenters. The third-order valence-corrected chi connectivity index (χ3v) is 5.39. The van der Waals surface area contributed by atoms with Gasteiger partial charge in [0.25, 0.3) is 5.91 Å². The van der Waals surface area contributed by atoms with Gasteiger partial charge in [0.05, 0.1) is 11.0 Å². The fourth-order valence-electron chi connectivity index (χ4n) is 2.98. The van der Waals surface area contributed by atoms with Crippen molar-refractivity contribution < 1.29 is 4.79 Å². The minimum Gasteiger partial charge on any atom is -0.364 e. The quantitative estimate of drug-likeness (QED) is 0.420. The van der Waals surface area contributed by atoms with Crippen LogP contribution in [-0.4, -0.2) is 15.9 Å². The number of rotatable bonds is 5. The summed E-state index contributed by atoms with van der Waals surface area (Å²) < 4.78 is 0.992. The van der Waals surface area contributed by atoms with E-state index in [2.05, 4.69) is 36.5 Å². The average molecular weight is 447 g/mol. The Balaban J connectivity index is 1.66. The van der Waals surface area contributed by atoms with Crippen LogP contribution in [-0.2, 0) is 6.54 Å². The number of aromatic nitrogens is 2. The Hall–Kier alpha value is -3.25. The van der Waals surface area contributed by atoms with Crippen LogP contribution in [0.3, 0.4) is 0 Å². The van der Waals surface area contributed by atoms with E-state index in [0.29, 0.717) is 23.6 Å². The lowest BCUT2D eigenvalue weighted by Crippen LogP contribution is -2.18. The van der Waals surface area contributed by atoms with E-state index in [1.807, 2.05) is 79.7 Å². The molecule has 0 aliphatic carbocycles. The second-order valence-corrected chi connectivity index (χ2v) is 7.52. The van der Waals surface area contributed by atoms with Crippen molar-refractivity contribution in [1.82, 2.24) is 9.97 Å². The van der Waals surface area contributed by atoms with Crippen LogP contribution in [0.1, 0.15) is 21.6 Å². The SMILES string of the molecule is Cc1cc(NC(=O)c2nc3ccccc3nc2NCc2ccccc2)ccc1Br. The first-order valence-electron chi connectivity index (χ1n) is 9.22.